The van der Waals surface area contributed by atoms with Gasteiger partial charge < -0.3 is 14.2 Å². The average Bonchev–Trinajstić information content (AvgIpc) is 3.14. The van der Waals surface area contributed by atoms with Gasteiger partial charge in [0.2, 0.25) is 0 Å². The number of allylic oxidation sites excluding steroid dienone is 1. The molecule has 0 aromatic carbocycles. The molecule has 0 spiro atoms. The Morgan fingerprint density at radius 2 is 1.74 bits per heavy atom. The van der Waals surface area contributed by atoms with Gasteiger partial charge in [-0.05, 0) is 39.0 Å². The Morgan fingerprint density at radius 3 is 2.26 bits per heavy atom. The van der Waals surface area contributed by atoms with E-state index in [1.807, 2.05) is 0 Å². The van der Waals surface area contributed by atoms with Crippen LogP contribution in [-0.2, 0) is 23.8 Å². The predicted octanol–water partition coefficient (Wildman–Crippen LogP) is 1.61. The van der Waals surface area contributed by atoms with E-state index in [4.69, 9.17) is 14.2 Å². The van der Waals surface area contributed by atoms with Gasteiger partial charge in [-0.25, -0.2) is 9.59 Å². The van der Waals surface area contributed by atoms with Gasteiger partial charge in [0.15, 0.2) is 0 Å². The number of rotatable bonds is 5. The first kappa shape index (κ1) is 14.1. The number of hydrogen-bond acceptors (Lipinski definition) is 5. The number of ether oxygens (including phenoxy) is 3. The zero-order chi connectivity index (χ0) is 13.8. The van der Waals surface area contributed by atoms with E-state index in [-0.39, 0.29) is 24.7 Å². The van der Waals surface area contributed by atoms with Crippen molar-refractivity contribution in [2.24, 2.45) is 5.92 Å². The van der Waals surface area contributed by atoms with Crippen molar-refractivity contribution in [2.45, 2.75) is 45.3 Å². The zero-order valence-corrected chi connectivity index (χ0v) is 11.4. The summed E-state index contributed by atoms with van der Waals surface area (Å²) in [5.41, 5.74) is 0.0211. The summed E-state index contributed by atoms with van der Waals surface area (Å²) in [5.74, 6) is -1.01. The van der Waals surface area contributed by atoms with E-state index in [1.54, 1.807) is 19.9 Å². The third-order valence-corrected chi connectivity index (χ3v) is 3.44. The first-order valence-electron chi connectivity index (χ1n) is 6.87. The lowest BCUT2D eigenvalue weighted by atomic mass is 9.88. The summed E-state index contributed by atoms with van der Waals surface area (Å²) in [6.07, 6.45) is 5.20. The molecule has 3 unspecified atom stereocenters. The van der Waals surface area contributed by atoms with Gasteiger partial charge in [0.1, 0.15) is 5.57 Å². The van der Waals surface area contributed by atoms with Crippen molar-refractivity contribution in [2.75, 3.05) is 13.2 Å². The van der Waals surface area contributed by atoms with E-state index in [1.165, 1.54) is 0 Å². The highest BCUT2D eigenvalue weighted by atomic mass is 16.6. The van der Waals surface area contributed by atoms with E-state index in [0.717, 1.165) is 19.3 Å². The summed E-state index contributed by atoms with van der Waals surface area (Å²) >= 11 is 0. The van der Waals surface area contributed by atoms with Gasteiger partial charge in [-0.1, -0.05) is 6.08 Å². The van der Waals surface area contributed by atoms with Crippen LogP contribution in [0.2, 0.25) is 0 Å². The monoisotopic (exact) mass is 268 g/mol. The fraction of sp³-hybridized carbons (Fsp3) is 0.714. The summed E-state index contributed by atoms with van der Waals surface area (Å²) in [5, 5.41) is 0. The van der Waals surface area contributed by atoms with Gasteiger partial charge in [0.05, 0.1) is 25.4 Å². The second-order valence-electron chi connectivity index (χ2n) is 4.81. The van der Waals surface area contributed by atoms with Gasteiger partial charge in [0, 0.05) is 0 Å². The fourth-order valence-corrected chi connectivity index (χ4v) is 2.46. The zero-order valence-electron chi connectivity index (χ0n) is 11.4. The number of carbonyl (C=O) groups excluding carboxylic acids is 2. The van der Waals surface area contributed by atoms with Crippen molar-refractivity contribution in [3.8, 4) is 0 Å². The normalized spacial score (nSPS) is 28.0. The molecule has 3 atom stereocenters. The molecule has 1 aliphatic heterocycles. The molecule has 5 heteroatoms. The first-order valence-corrected chi connectivity index (χ1v) is 6.87. The molecule has 0 radical (unpaired) electrons. The number of fused-ring (bicyclic) bond motifs is 1. The van der Waals surface area contributed by atoms with Crippen molar-refractivity contribution in [1.29, 1.82) is 0 Å². The third-order valence-electron chi connectivity index (χ3n) is 3.44. The Kier molecular flexibility index (Phi) is 4.58. The van der Waals surface area contributed by atoms with Crippen LogP contribution in [0.15, 0.2) is 11.6 Å². The minimum atomic E-state index is -0.597. The van der Waals surface area contributed by atoms with Crippen molar-refractivity contribution in [3.05, 3.63) is 11.6 Å². The van der Waals surface area contributed by atoms with Crippen molar-refractivity contribution in [1.82, 2.24) is 0 Å². The topological polar surface area (TPSA) is 65.1 Å². The molecule has 19 heavy (non-hydrogen) atoms. The number of carbonyl (C=O) groups is 2. The van der Waals surface area contributed by atoms with Crippen LogP contribution in [0, 0.1) is 5.92 Å². The van der Waals surface area contributed by atoms with Crippen LogP contribution in [-0.4, -0.2) is 37.4 Å². The SMILES string of the molecule is CCOC(=O)C(=CC1CCC2OC2C1)C(=O)OCC. The van der Waals surface area contributed by atoms with Crippen LogP contribution in [0.3, 0.4) is 0 Å². The van der Waals surface area contributed by atoms with Crippen molar-refractivity contribution >= 4 is 11.9 Å². The first-order chi connectivity index (χ1) is 9.15. The molecule has 106 valence electrons. The molecule has 1 saturated carbocycles. The van der Waals surface area contributed by atoms with Crippen LogP contribution in [0.25, 0.3) is 0 Å². The highest BCUT2D eigenvalue weighted by Gasteiger charge is 2.43. The lowest BCUT2D eigenvalue weighted by Crippen LogP contribution is -2.21. The molecule has 0 bridgehead atoms. The van der Waals surface area contributed by atoms with E-state index in [0.29, 0.717) is 12.2 Å². The molecule has 0 aromatic rings. The molecule has 2 rings (SSSR count). The smallest absolute Gasteiger partial charge is 0.345 e. The van der Waals surface area contributed by atoms with Gasteiger partial charge >= 0.3 is 11.9 Å². The van der Waals surface area contributed by atoms with Gasteiger partial charge in [0.25, 0.3) is 0 Å². The van der Waals surface area contributed by atoms with Gasteiger partial charge in [-0.2, -0.15) is 0 Å². The van der Waals surface area contributed by atoms with E-state index < -0.39 is 11.9 Å². The average molecular weight is 268 g/mol. The second-order valence-corrected chi connectivity index (χ2v) is 4.81. The summed E-state index contributed by atoms with van der Waals surface area (Å²) < 4.78 is 15.3. The standard InChI is InChI=1S/C14H20O5/c1-3-17-13(15)10(14(16)18-4-2)7-9-5-6-11-12(8-9)19-11/h7,9,11-12H,3-6,8H2,1-2H3. The molecule has 0 aromatic heterocycles. The number of epoxide rings is 1. The van der Waals surface area contributed by atoms with Crippen LogP contribution in [0.1, 0.15) is 33.1 Å². The minimum Gasteiger partial charge on any atom is -0.462 e. The molecule has 0 N–H and O–H groups in total. The minimum absolute atomic E-state index is 0.0211. The van der Waals surface area contributed by atoms with Crippen molar-refractivity contribution in [3.63, 3.8) is 0 Å². The van der Waals surface area contributed by atoms with E-state index >= 15 is 0 Å². The van der Waals surface area contributed by atoms with E-state index in [2.05, 4.69) is 0 Å². The maximum absolute atomic E-state index is 11.8. The Labute approximate surface area is 112 Å². The predicted molar refractivity (Wildman–Crippen MR) is 67.4 cm³/mol. The molecule has 2 fully saturated rings. The van der Waals surface area contributed by atoms with Crippen LogP contribution < -0.4 is 0 Å². The molecule has 0 amide bonds. The summed E-state index contributed by atoms with van der Waals surface area (Å²) in [7, 11) is 0. The Bertz CT molecular complexity index is 367. The molecule has 5 nitrogen and oxygen atoms in total. The molecular weight excluding hydrogens is 248 g/mol. The fourth-order valence-electron chi connectivity index (χ4n) is 2.46. The number of esters is 2. The molecular formula is C14H20O5. The highest BCUT2D eigenvalue weighted by Crippen LogP contribution is 2.40. The molecule has 1 aliphatic carbocycles. The lowest BCUT2D eigenvalue weighted by Gasteiger charge is -2.16. The second kappa shape index (κ2) is 6.19. The largest absolute Gasteiger partial charge is 0.462 e. The lowest BCUT2D eigenvalue weighted by molar-refractivity contribution is -0.146. The number of hydrogen-bond donors (Lipinski definition) is 0. The van der Waals surface area contributed by atoms with Crippen LogP contribution in [0.4, 0.5) is 0 Å². The maximum Gasteiger partial charge on any atom is 0.345 e. The molecule has 1 heterocycles. The summed E-state index contributed by atoms with van der Waals surface area (Å²) in [6.45, 7) is 3.91. The van der Waals surface area contributed by atoms with Crippen LogP contribution in [0.5, 0.6) is 0 Å². The van der Waals surface area contributed by atoms with Crippen molar-refractivity contribution < 1.29 is 23.8 Å². The van der Waals surface area contributed by atoms with Gasteiger partial charge in [-0.15, -0.1) is 0 Å². The highest BCUT2D eigenvalue weighted by molar-refractivity contribution is 6.14. The molecule has 1 saturated heterocycles. The maximum atomic E-state index is 11.8. The Morgan fingerprint density at radius 1 is 1.11 bits per heavy atom. The van der Waals surface area contributed by atoms with E-state index in [9.17, 15) is 9.59 Å². The van der Waals surface area contributed by atoms with Crippen LogP contribution >= 0.6 is 0 Å². The Hall–Kier alpha value is -1.36. The quantitative estimate of drug-likeness (QED) is 0.249. The Balaban J connectivity index is 2.05. The summed E-state index contributed by atoms with van der Waals surface area (Å²) in [4.78, 5) is 23.6. The van der Waals surface area contributed by atoms with Gasteiger partial charge in [-0.3, -0.25) is 0 Å². The third kappa shape index (κ3) is 3.56. The molecule has 2 aliphatic rings. The summed E-state index contributed by atoms with van der Waals surface area (Å²) in [6, 6.07) is 0.